The van der Waals surface area contributed by atoms with Crippen LogP contribution in [0, 0.1) is 27.4 Å². The lowest BCUT2D eigenvalue weighted by Gasteiger charge is -2.31. The first kappa shape index (κ1) is 37.4. The molecule has 52 heavy (non-hydrogen) atoms. The molecule has 1 fully saturated rings. The van der Waals surface area contributed by atoms with Crippen LogP contribution in [0.1, 0.15) is 74.2 Å². The first-order chi connectivity index (χ1) is 25.1. The highest BCUT2D eigenvalue weighted by Gasteiger charge is 2.42. The maximum atomic E-state index is 14.1. The smallest absolute Gasteiger partial charge is 0.310 e. The third-order valence-corrected chi connectivity index (χ3v) is 9.92. The highest BCUT2D eigenvalue weighted by molar-refractivity contribution is 5.89. The Balaban J connectivity index is 1.30. The van der Waals surface area contributed by atoms with Gasteiger partial charge in [-0.25, -0.2) is 0 Å². The van der Waals surface area contributed by atoms with Crippen molar-refractivity contribution in [3.8, 4) is 6.07 Å². The third kappa shape index (κ3) is 9.09. The molecule has 4 aromatic carbocycles. The van der Waals surface area contributed by atoms with Gasteiger partial charge < -0.3 is 15.0 Å². The summed E-state index contributed by atoms with van der Waals surface area (Å²) in [5.74, 6) is -1.07. The Hall–Kier alpha value is -5.82. The maximum absolute atomic E-state index is 14.1. The molecule has 0 aliphatic carbocycles. The quantitative estimate of drug-likeness (QED) is 0.0597. The fourth-order valence-corrected chi connectivity index (χ4v) is 7.00. The molecule has 0 spiro atoms. The highest BCUT2D eigenvalue weighted by atomic mass is 16.6. The molecule has 4 aromatic rings. The maximum Gasteiger partial charge on any atom is 0.310 e. The lowest BCUT2D eigenvalue weighted by atomic mass is 9.69. The SMILES string of the molecule is CC(C)[C@@](C#N)(CCCCC(=O)N1C[C@@H](OC(=O)Cc2ccc([N+](=O)[O-])cc2)C[C@H]1C(=O)NC(c1ccccc1)c1ccccc1)c1ccccc1. The molecule has 1 N–H and O–H groups in total. The van der Waals surface area contributed by atoms with E-state index in [2.05, 4.69) is 11.4 Å². The summed E-state index contributed by atoms with van der Waals surface area (Å²) in [5.41, 5.74) is 2.51. The van der Waals surface area contributed by atoms with E-state index in [1.807, 2.05) is 105 Å². The van der Waals surface area contributed by atoms with Crippen molar-refractivity contribution in [1.29, 1.82) is 5.26 Å². The first-order valence-electron chi connectivity index (χ1n) is 17.7. The van der Waals surface area contributed by atoms with E-state index >= 15 is 0 Å². The Morgan fingerprint density at radius 3 is 2.02 bits per heavy atom. The summed E-state index contributed by atoms with van der Waals surface area (Å²) in [6.07, 6.45) is 1.20. The van der Waals surface area contributed by atoms with Crippen molar-refractivity contribution in [2.75, 3.05) is 6.54 Å². The number of rotatable bonds is 15. The van der Waals surface area contributed by atoms with Crippen LogP contribution >= 0.6 is 0 Å². The second-order valence-corrected chi connectivity index (χ2v) is 13.6. The van der Waals surface area contributed by atoms with Crippen molar-refractivity contribution in [1.82, 2.24) is 10.2 Å². The minimum atomic E-state index is -0.877. The molecule has 0 bridgehead atoms. The van der Waals surface area contributed by atoms with Crippen molar-refractivity contribution >= 4 is 23.5 Å². The number of likely N-dealkylation sites (tertiary alicyclic amines) is 1. The molecule has 5 rings (SSSR count). The van der Waals surface area contributed by atoms with Gasteiger partial charge in [-0.2, -0.15) is 5.26 Å². The van der Waals surface area contributed by atoms with E-state index in [4.69, 9.17) is 4.74 Å². The van der Waals surface area contributed by atoms with Crippen LogP contribution in [0.25, 0.3) is 0 Å². The molecule has 268 valence electrons. The predicted octanol–water partition coefficient (Wildman–Crippen LogP) is 7.23. The van der Waals surface area contributed by atoms with E-state index in [0.29, 0.717) is 24.8 Å². The Morgan fingerprint density at radius 1 is 0.904 bits per heavy atom. The molecule has 10 nitrogen and oxygen atoms in total. The van der Waals surface area contributed by atoms with Gasteiger partial charge in [0.2, 0.25) is 11.8 Å². The molecule has 0 saturated carbocycles. The fraction of sp³-hybridized carbons (Fsp3) is 0.333. The number of carbonyl (C=O) groups excluding carboxylic acids is 3. The largest absolute Gasteiger partial charge is 0.460 e. The molecule has 10 heteroatoms. The van der Waals surface area contributed by atoms with Gasteiger partial charge in [-0.15, -0.1) is 0 Å². The molecule has 2 amide bonds. The number of non-ortho nitro benzene ring substituents is 1. The average Bonchev–Trinajstić information content (AvgIpc) is 3.59. The molecule has 0 aromatic heterocycles. The monoisotopic (exact) mass is 700 g/mol. The molecular weight excluding hydrogens is 656 g/mol. The Morgan fingerprint density at radius 2 is 1.48 bits per heavy atom. The van der Waals surface area contributed by atoms with Crippen molar-refractivity contribution in [3.05, 3.63) is 148 Å². The van der Waals surface area contributed by atoms with Gasteiger partial charge in [0.1, 0.15) is 12.1 Å². The Bertz CT molecular complexity index is 1820. The number of ether oxygens (including phenoxy) is 1. The standard InChI is InChI=1S/C42H44N4O6/c1-30(2)42(29-43,34-18-10-5-11-19-34)25-13-12-20-38(47)45-28-36(52-39(48)26-31-21-23-35(24-22-31)46(50)51)27-37(45)41(49)44-40(32-14-6-3-7-15-32)33-16-8-4-9-17-33/h3-11,14-19,21-24,30,36-37,40H,12-13,20,25-28H2,1-2H3,(H,44,49)/t36-,37-,42-/m0/s1. The van der Waals surface area contributed by atoms with Gasteiger partial charge in [-0.1, -0.05) is 123 Å². The predicted molar refractivity (Wildman–Crippen MR) is 197 cm³/mol. The van der Waals surface area contributed by atoms with Gasteiger partial charge in [0.25, 0.3) is 5.69 Å². The normalized spacial score (nSPS) is 16.6. The van der Waals surface area contributed by atoms with E-state index in [-0.39, 0.29) is 49.2 Å². The van der Waals surface area contributed by atoms with Gasteiger partial charge in [0.05, 0.1) is 35.4 Å². The van der Waals surface area contributed by atoms with Crippen LogP contribution in [-0.4, -0.2) is 46.3 Å². The van der Waals surface area contributed by atoms with Crippen LogP contribution in [0.2, 0.25) is 0 Å². The van der Waals surface area contributed by atoms with Crippen LogP contribution in [0.5, 0.6) is 0 Å². The number of nitro benzene ring substituents is 1. The second-order valence-electron chi connectivity index (χ2n) is 13.6. The van der Waals surface area contributed by atoms with Crippen molar-refractivity contribution in [3.63, 3.8) is 0 Å². The fourth-order valence-electron chi connectivity index (χ4n) is 7.00. The van der Waals surface area contributed by atoms with E-state index in [9.17, 15) is 29.8 Å². The van der Waals surface area contributed by atoms with Gasteiger partial charge in [-0.05, 0) is 41.0 Å². The number of carbonyl (C=O) groups is 3. The van der Waals surface area contributed by atoms with Gasteiger partial charge >= 0.3 is 5.97 Å². The summed E-state index contributed by atoms with van der Waals surface area (Å²) in [6.45, 7) is 4.13. The molecule has 0 unspecified atom stereocenters. The molecule has 3 atom stereocenters. The molecule has 1 heterocycles. The summed E-state index contributed by atoms with van der Waals surface area (Å²) in [5, 5.41) is 24.5. The zero-order valence-corrected chi connectivity index (χ0v) is 29.5. The number of nitriles is 1. The van der Waals surface area contributed by atoms with Crippen molar-refractivity contribution in [2.24, 2.45) is 5.92 Å². The van der Waals surface area contributed by atoms with E-state index in [1.54, 1.807) is 0 Å². The van der Waals surface area contributed by atoms with E-state index < -0.39 is 34.5 Å². The van der Waals surface area contributed by atoms with Crippen LogP contribution in [0.3, 0.4) is 0 Å². The zero-order chi connectivity index (χ0) is 37.1. The summed E-state index contributed by atoms with van der Waals surface area (Å²) >= 11 is 0. The number of benzene rings is 4. The Labute approximate surface area is 304 Å². The number of hydrogen-bond donors (Lipinski definition) is 1. The zero-order valence-electron chi connectivity index (χ0n) is 29.5. The van der Waals surface area contributed by atoms with E-state index in [1.165, 1.54) is 29.2 Å². The van der Waals surface area contributed by atoms with Crippen LogP contribution in [-0.2, 0) is 31.0 Å². The second kappa shape index (κ2) is 17.4. The van der Waals surface area contributed by atoms with Crippen molar-refractivity contribution < 1.29 is 24.0 Å². The summed E-state index contributed by atoms with van der Waals surface area (Å²) < 4.78 is 5.81. The molecule has 1 saturated heterocycles. The number of hydrogen-bond acceptors (Lipinski definition) is 7. The van der Waals surface area contributed by atoms with Gasteiger partial charge in [-0.3, -0.25) is 24.5 Å². The molecular formula is C42H44N4O6. The third-order valence-electron chi connectivity index (χ3n) is 9.92. The first-order valence-corrected chi connectivity index (χ1v) is 17.7. The number of esters is 1. The highest BCUT2D eigenvalue weighted by Crippen LogP contribution is 2.37. The minimum absolute atomic E-state index is 0.0579. The number of nitro groups is 1. The number of nitrogens with one attached hydrogen (secondary N) is 1. The van der Waals surface area contributed by atoms with E-state index in [0.717, 1.165) is 16.7 Å². The van der Waals surface area contributed by atoms with Crippen LogP contribution in [0.4, 0.5) is 5.69 Å². The number of unbranched alkanes of at least 4 members (excludes halogenated alkanes) is 1. The number of nitrogens with zero attached hydrogens (tertiary/aromatic N) is 3. The lowest BCUT2D eigenvalue weighted by molar-refractivity contribution is -0.384. The topological polar surface area (TPSA) is 143 Å². The van der Waals surface area contributed by atoms with Gasteiger partial charge in [0.15, 0.2) is 0 Å². The number of amides is 2. The lowest BCUT2D eigenvalue weighted by Crippen LogP contribution is -2.47. The average molecular weight is 701 g/mol. The van der Waals surface area contributed by atoms with Crippen LogP contribution < -0.4 is 5.32 Å². The minimum Gasteiger partial charge on any atom is -0.460 e. The summed E-state index contributed by atoms with van der Waals surface area (Å²) in [4.78, 5) is 53.0. The summed E-state index contributed by atoms with van der Waals surface area (Å²) in [6, 6.07) is 35.8. The molecule has 1 aliphatic rings. The van der Waals surface area contributed by atoms with Crippen molar-refractivity contribution in [2.45, 2.75) is 76.0 Å². The van der Waals surface area contributed by atoms with Crippen LogP contribution in [0.15, 0.2) is 115 Å². The molecule has 1 aliphatic heterocycles. The van der Waals surface area contributed by atoms with Gasteiger partial charge in [0, 0.05) is 25.0 Å². The summed E-state index contributed by atoms with van der Waals surface area (Å²) in [7, 11) is 0. The molecule has 0 radical (unpaired) electrons. The Kier molecular flexibility index (Phi) is 12.5.